The summed E-state index contributed by atoms with van der Waals surface area (Å²) in [5.74, 6) is -1.42. The molecule has 0 aliphatic rings. The minimum Gasteiger partial charge on any atom is -0.375 e. The lowest BCUT2D eigenvalue weighted by Gasteiger charge is -2.31. The number of aliphatic hydroxyl groups is 1. The second kappa shape index (κ2) is 8.49. The van der Waals surface area contributed by atoms with Gasteiger partial charge in [-0.1, -0.05) is 91.0 Å². The van der Waals surface area contributed by atoms with Crippen LogP contribution in [-0.4, -0.2) is 23.7 Å². The molecule has 1 amide bonds. The average Bonchev–Trinajstić information content (AvgIpc) is 2.73. The van der Waals surface area contributed by atoms with Gasteiger partial charge in [-0.25, -0.2) is 0 Å². The van der Waals surface area contributed by atoms with Crippen LogP contribution in [0.1, 0.15) is 22.6 Å². The molecule has 1 atom stereocenters. The standard InChI is InChI=1S/C23H20F3NO2/c24-23(25,26)22(29,19-14-8-3-9-15-19)16-27-21(28)20(17-10-4-1-5-11-17)18-12-6-2-7-13-18/h1-15,20,29H,16H2,(H,27,28). The maximum absolute atomic E-state index is 13.7. The molecule has 0 radical (unpaired) electrons. The van der Waals surface area contributed by atoms with Crippen molar-refractivity contribution in [3.05, 3.63) is 108 Å². The Bertz CT molecular complexity index is 891. The van der Waals surface area contributed by atoms with E-state index < -0.39 is 30.1 Å². The Kier molecular flexibility index (Phi) is 6.03. The molecule has 2 N–H and O–H groups in total. The fourth-order valence-electron chi connectivity index (χ4n) is 3.18. The van der Waals surface area contributed by atoms with Gasteiger partial charge in [-0.15, -0.1) is 0 Å². The van der Waals surface area contributed by atoms with Gasteiger partial charge in [-0.2, -0.15) is 13.2 Å². The molecule has 0 spiro atoms. The summed E-state index contributed by atoms with van der Waals surface area (Å²) < 4.78 is 41.1. The third-order valence-electron chi connectivity index (χ3n) is 4.77. The van der Waals surface area contributed by atoms with E-state index in [1.54, 1.807) is 66.7 Å². The Labute approximate surface area is 166 Å². The molecule has 3 aromatic carbocycles. The van der Waals surface area contributed by atoms with Crippen LogP contribution in [0.4, 0.5) is 13.2 Å². The molecule has 1 unspecified atom stereocenters. The largest absolute Gasteiger partial charge is 0.423 e. The highest BCUT2D eigenvalue weighted by atomic mass is 19.4. The summed E-state index contributed by atoms with van der Waals surface area (Å²) in [6.45, 7) is -0.991. The second-order valence-corrected chi connectivity index (χ2v) is 6.70. The first kappa shape index (κ1) is 20.6. The topological polar surface area (TPSA) is 49.3 Å². The molecule has 0 heterocycles. The molecule has 0 fully saturated rings. The lowest BCUT2D eigenvalue weighted by Crippen LogP contribution is -2.51. The van der Waals surface area contributed by atoms with E-state index >= 15 is 0 Å². The van der Waals surface area contributed by atoms with E-state index in [2.05, 4.69) is 5.32 Å². The zero-order chi connectivity index (χ0) is 20.9. The molecule has 3 nitrogen and oxygen atoms in total. The Morgan fingerprint density at radius 1 is 0.793 bits per heavy atom. The van der Waals surface area contributed by atoms with E-state index in [4.69, 9.17) is 0 Å². The highest BCUT2D eigenvalue weighted by Crippen LogP contribution is 2.38. The first-order valence-corrected chi connectivity index (χ1v) is 9.05. The van der Waals surface area contributed by atoms with Crippen molar-refractivity contribution in [2.24, 2.45) is 0 Å². The summed E-state index contributed by atoms with van der Waals surface area (Å²) in [5.41, 5.74) is -2.23. The maximum atomic E-state index is 13.7. The van der Waals surface area contributed by atoms with Crippen LogP contribution in [0.3, 0.4) is 0 Å². The van der Waals surface area contributed by atoms with Crippen LogP contribution in [0.15, 0.2) is 91.0 Å². The van der Waals surface area contributed by atoms with E-state index in [9.17, 15) is 23.1 Å². The number of carbonyl (C=O) groups excluding carboxylic acids is 1. The van der Waals surface area contributed by atoms with E-state index in [1.165, 1.54) is 24.3 Å². The highest BCUT2D eigenvalue weighted by Gasteiger charge is 2.55. The fourth-order valence-corrected chi connectivity index (χ4v) is 3.18. The van der Waals surface area contributed by atoms with Gasteiger partial charge < -0.3 is 10.4 Å². The van der Waals surface area contributed by atoms with Crippen molar-refractivity contribution in [3.8, 4) is 0 Å². The predicted octanol–water partition coefficient (Wildman–Crippen LogP) is 4.38. The van der Waals surface area contributed by atoms with Crippen LogP contribution in [0.5, 0.6) is 0 Å². The van der Waals surface area contributed by atoms with Crippen molar-refractivity contribution in [3.63, 3.8) is 0 Å². The maximum Gasteiger partial charge on any atom is 0.423 e. The zero-order valence-electron chi connectivity index (χ0n) is 15.4. The van der Waals surface area contributed by atoms with E-state index in [0.29, 0.717) is 11.1 Å². The first-order chi connectivity index (χ1) is 13.8. The first-order valence-electron chi connectivity index (χ1n) is 9.05. The zero-order valence-corrected chi connectivity index (χ0v) is 15.4. The van der Waals surface area contributed by atoms with Crippen LogP contribution in [-0.2, 0) is 10.4 Å². The summed E-state index contributed by atoms with van der Waals surface area (Å²) in [6, 6.07) is 24.3. The molecule has 6 heteroatoms. The quantitative estimate of drug-likeness (QED) is 0.646. The highest BCUT2D eigenvalue weighted by molar-refractivity contribution is 5.87. The van der Waals surface area contributed by atoms with Gasteiger partial charge in [0.1, 0.15) is 0 Å². The van der Waals surface area contributed by atoms with Crippen molar-refractivity contribution in [1.82, 2.24) is 5.32 Å². The lowest BCUT2D eigenvalue weighted by atomic mass is 9.89. The number of nitrogens with one attached hydrogen (secondary N) is 1. The van der Waals surface area contributed by atoms with Crippen LogP contribution in [0.2, 0.25) is 0 Å². The molecular formula is C23H20F3NO2. The molecule has 0 aliphatic heterocycles. The SMILES string of the molecule is O=C(NCC(O)(c1ccccc1)C(F)(F)F)C(c1ccccc1)c1ccccc1. The number of alkyl halides is 3. The Morgan fingerprint density at radius 3 is 1.62 bits per heavy atom. The van der Waals surface area contributed by atoms with Gasteiger partial charge in [0.25, 0.3) is 0 Å². The van der Waals surface area contributed by atoms with Crippen molar-refractivity contribution in [2.75, 3.05) is 6.54 Å². The van der Waals surface area contributed by atoms with Crippen LogP contribution in [0.25, 0.3) is 0 Å². The van der Waals surface area contributed by atoms with Gasteiger partial charge in [0, 0.05) is 0 Å². The normalized spacial score (nSPS) is 13.7. The van der Waals surface area contributed by atoms with Crippen LogP contribution >= 0.6 is 0 Å². The van der Waals surface area contributed by atoms with E-state index in [1.807, 2.05) is 0 Å². The summed E-state index contributed by atoms with van der Waals surface area (Å²) in [7, 11) is 0. The van der Waals surface area contributed by atoms with E-state index in [0.717, 1.165) is 0 Å². The van der Waals surface area contributed by atoms with Crippen molar-refractivity contribution < 1.29 is 23.1 Å². The Balaban J connectivity index is 1.89. The number of halogens is 3. The second-order valence-electron chi connectivity index (χ2n) is 6.70. The molecule has 0 bridgehead atoms. The molecule has 0 saturated heterocycles. The minimum absolute atomic E-state index is 0.330. The minimum atomic E-state index is -4.96. The average molecular weight is 399 g/mol. The van der Waals surface area contributed by atoms with Gasteiger partial charge in [0.05, 0.1) is 12.5 Å². The van der Waals surface area contributed by atoms with Crippen LogP contribution < -0.4 is 5.32 Å². The Hall–Kier alpha value is -3.12. The fraction of sp³-hybridized carbons (Fsp3) is 0.174. The monoisotopic (exact) mass is 399 g/mol. The summed E-state index contributed by atoms with van der Waals surface area (Å²) in [5, 5.41) is 12.8. The van der Waals surface area contributed by atoms with Gasteiger partial charge in [0.15, 0.2) is 0 Å². The number of rotatable bonds is 6. The van der Waals surface area contributed by atoms with E-state index in [-0.39, 0.29) is 5.56 Å². The summed E-state index contributed by atoms with van der Waals surface area (Å²) in [6.07, 6.45) is -4.96. The molecule has 150 valence electrons. The molecule has 3 rings (SSSR count). The molecule has 3 aromatic rings. The lowest BCUT2D eigenvalue weighted by molar-refractivity contribution is -0.264. The number of amides is 1. The summed E-state index contributed by atoms with van der Waals surface area (Å²) >= 11 is 0. The summed E-state index contributed by atoms with van der Waals surface area (Å²) in [4.78, 5) is 13.0. The Morgan fingerprint density at radius 2 is 1.21 bits per heavy atom. The van der Waals surface area contributed by atoms with Gasteiger partial charge >= 0.3 is 6.18 Å². The van der Waals surface area contributed by atoms with Crippen molar-refractivity contribution in [2.45, 2.75) is 17.7 Å². The molecule has 0 aliphatic carbocycles. The third kappa shape index (κ3) is 4.49. The van der Waals surface area contributed by atoms with Gasteiger partial charge in [0.2, 0.25) is 11.5 Å². The third-order valence-corrected chi connectivity index (χ3v) is 4.77. The number of hydrogen-bond donors (Lipinski definition) is 2. The number of hydrogen-bond acceptors (Lipinski definition) is 2. The molecule has 0 saturated carbocycles. The van der Waals surface area contributed by atoms with Crippen molar-refractivity contribution >= 4 is 5.91 Å². The number of carbonyl (C=O) groups is 1. The molecule has 29 heavy (non-hydrogen) atoms. The van der Waals surface area contributed by atoms with Crippen LogP contribution in [0, 0.1) is 0 Å². The number of benzene rings is 3. The van der Waals surface area contributed by atoms with Gasteiger partial charge in [-0.05, 0) is 16.7 Å². The molecule has 0 aromatic heterocycles. The van der Waals surface area contributed by atoms with Crippen molar-refractivity contribution in [1.29, 1.82) is 0 Å². The smallest absolute Gasteiger partial charge is 0.375 e. The van der Waals surface area contributed by atoms with Gasteiger partial charge in [-0.3, -0.25) is 4.79 Å². The predicted molar refractivity (Wildman–Crippen MR) is 104 cm³/mol. The molecular weight excluding hydrogens is 379 g/mol.